The molecule has 0 aromatic heterocycles. The van der Waals surface area contributed by atoms with Gasteiger partial charge in [0.25, 0.3) is 0 Å². The molecule has 0 aliphatic rings. The molecule has 100 valence electrons. The molecule has 0 aliphatic carbocycles. The van der Waals surface area contributed by atoms with E-state index in [-0.39, 0.29) is 6.61 Å². The van der Waals surface area contributed by atoms with Gasteiger partial charge in [0.1, 0.15) is 5.75 Å². The van der Waals surface area contributed by atoms with Gasteiger partial charge in [0.15, 0.2) is 0 Å². The fraction of sp³-hybridized carbons (Fsp3) is 0.250. The molecule has 2 aromatic carbocycles. The summed E-state index contributed by atoms with van der Waals surface area (Å²) in [4.78, 5) is 0. The van der Waals surface area contributed by atoms with Gasteiger partial charge >= 0.3 is 0 Å². The van der Waals surface area contributed by atoms with Crippen LogP contribution in [0.2, 0.25) is 0 Å². The number of hydrogen-bond donors (Lipinski definition) is 1. The fourth-order valence-electron chi connectivity index (χ4n) is 2.02. The molecule has 2 aromatic rings. The number of methoxy groups -OCH3 is 1. The minimum Gasteiger partial charge on any atom is -0.496 e. The Morgan fingerprint density at radius 2 is 1.63 bits per heavy atom. The lowest BCUT2D eigenvalue weighted by molar-refractivity contribution is 0.0818. The quantitative estimate of drug-likeness (QED) is 0.810. The van der Waals surface area contributed by atoms with Crippen molar-refractivity contribution < 1.29 is 14.6 Å². The lowest BCUT2D eigenvalue weighted by atomic mass is 9.99. The molecule has 0 spiro atoms. The molecule has 2 rings (SSSR count). The van der Waals surface area contributed by atoms with E-state index < -0.39 is 0 Å². The second-order valence-electron chi connectivity index (χ2n) is 4.13. The summed E-state index contributed by atoms with van der Waals surface area (Å²) in [5.41, 5.74) is 3.23. The number of aliphatic hydroxyl groups excluding tert-OH is 1. The van der Waals surface area contributed by atoms with Crippen LogP contribution in [-0.4, -0.2) is 25.4 Å². The Morgan fingerprint density at radius 1 is 0.947 bits per heavy atom. The fourth-order valence-corrected chi connectivity index (χ4v) is 2.02. The zero-order valence-electron chi connectivity index (χ0n) is 11.0. The normalized spacial score (nSPS) is 10.4. The molecule has 0 unspecified atom stereocenters. The van der Waals surface area contributed by atoms with Crippen molar-refractivity contribution in [3.63, 3.8) is 0 Å². The summed E-state index contributed by atoms with van der Waals surface area (Å²) in [5.74, 6) is 0.845. The van der Waals surface area contributed by atoms with E-state index in [0.29, 0.717) is 13.2 Å². The Kier molecular flexibility index (Phi) is 4.95. The van der Waals surface area contributed by atoms with E-state index in [0.717, 1.165) is 22.4 Å². The van der Waals surface area contributed by atoms with Crippen LogP contribution in [-0.2, 0) is 11.3 Å². The molecule has 1 N–H and O–H groups in total. The first-order valence-corrected chi connectivity index (χ1v) is 6.26. The number of aliphatic hydroxyl groups is 1. The largest absolute Gasteiger partial charge is 0.496 e. The maximum absolute atomic E-state index is 8.77. The Morgan fingerprint density at radius 3 is 2.37 bits per heavy atom. The molecule has 0 bridgehead atoms. The highest BCUT2D eigenvalue weighted by molar-refractivity contribution is 5.73. The van der Waals surface area contributed by atoms with Crippen molar-refractivity contribution in [1.29, 1.82) is 0 Å². The molecule has 0 saturated heterocycles. The predicted octanol–water partition coefficient (Wildman–Crippen LogP) is 2.87. The van der Waals surface area contributed by atoms with E-state index in [9.17, 15) is 0 Å². The van der Waals surface area contributed by atoms with Crippen LogP contribution >= 0.6 is 0 Å². The topological polar surface area (TPSA) is 38.7 Å². The summed E-state index contributed by atoms with van der Waals surface area (Å²) in [6, 6.07) is 16.0. The number of para-hydroxylation sites is 1. The van der Waals surface area contributed by atoms with E-state index in [4.69, 9.17) is 14.6 Å². The first-order valence-electron chi connectivity index (χ1n) is 6.26. The van der Waals surface area contributed by atoms with Gasteiger partial charge in [-0.2, -0.15) is 0 Å². The van der Waals surface area contributed by atoms with Gasteiger partial charge in [-0.15, -0.1) is 0 Å². The zero-order chi connectivity index (χ0) is 13.5. The highest BCUT2D eigenvalue weighted by Gasteiger charge is 2.09. The lowest BCUT2D eigenvalue weighted by Gasteiger charge is -2.13. The maximum atomic E-state index is 8.77. The number of rotatable bonds is 6. The van der Waals surface area contributed by atoms with Crippen LogP contribution in [0.5, 0.6) is 5.75 Å². The van der Waals surface area contributed by atoms with Crippen LogP contribution in [0.3, 0.4) is 0 Å². The Balaban J connectivity index is 2.33. The monoisotopic (exact) mass is 258 g/mol. The molecular formula is C16H18O3. The lowest BCUT2D eigenvalue weighted by Crippen LogP contribution is -2.01. The van der Waals surface area contributed by atoms with Gasteiger partial charge in [-0.1, -0.05) is 42.5 Å². The van der Waals surface area contributed by atoms with Gasteiger partial charge < -0.3 is 14.6 Å². The average molecular weight is 258 g/mol. The molecule has 0 fully saturated rings. The third-order valence-electron chi connectivity index (χ3n) is 2.91. The molecule has 0 atom stereocenters. The van der Waals surface area contributed by atoms with Gasteiger partial charge in [0, 0.05) is 5.56 Å². The van der Waals surface area contributed by atoms with Crippen LogP contribution in [0.1, 0.15) is 5.56 Å². The van der Waals surface area contributed by atoms with E-state index in [2.05, 4.69) is 6.07 Å². The standard InChI is InChI=1S/C16H18O3/c1-18-16-9-5-4-8-15(16)14-7-3-2-6-13(14)12-19-11-10-17/h2-9,17H,10-12H2,1H3. The van der Waals surface area contributed by atoms with Crippen molar-refractivity contribution in [2.45, 2.75) is 6.61 Å². The summed E-state index contributed by atoms with van der Waals surface area (Å²) >= 11 is 0. The molecule has 3 heteroatoms. The summed E-state index contributed by atoms with van der Waals surface area (Å²) in [5, 5.41) is 8.77. The van der Waals surface area contributed by atoms with Crippen molar-refractivity contribution in [1.82, 2.24) is 0 Å². The van der Waals surface area contributed by atoms with Crippen LogP contribution in [0, 0.1) is 0 Å². The van der Waals surface area contributed by atoms with Crippen LogP contribution < -0.4 is 4.74 Å². The minimum absolute atomic E-state index is 0.0385. The van der Waals surface area contributed by atoms with E-state index >= 15 is 0 Å². The van der Waals surface area contributed by atoms with E-state index in [1.54, 1.807) is 7.11 Å². The molecule has 3 nitrogen and oxygen atoms in total. The Labute approximate surface area is 113 Å². The van der Waals surface area contributed by atoms with Gasteiger partial charge in [-0.3, -0.25) is 0 Å². The summed E-state index contributed by atoms with van der Waals surface area (Å²) < 4.78 is 10.8. The van der Waals surface area contributed by atoms with Gasteiger partial charge in [-0.25, -0.2) is 0 Å². The zero-order valence-corrected chi connectivity index (χ0v) is 11.0. The van der Waals surface area contributed by atoms with Crippen molar-refractivity contribution in [3.05, 3.63) is 54.1 Å². The summed E-state index contributed by atoms with van der Waals surface area (Å²) in [7, 11) is 1.67. The number of benzene rings is 2. The first kappa shape index (κ1) is 13.6. The third kappa shape index (κ3) is 3.34. The summed E-state index contributed by atoms with van der Waals surface area (Å²) in [6.45, 7) is 0.867. The predicted molar refractivity (Wildman–Crippen MR) is 75.2 cm³/mol. The molecular weight excluding hydrogens is 240 g/mol. The van der Waals surface area contributed by atoms with Crippen molar-refractivity contribution >= 4 is 0 Å². The van der Waals surface area contributed by atoms with E-state index in [1.807, 2.05) is 42.5 Å². The molecule has 19 heavy (non-hydrogen) atoms. The second-order valence-corrected chi connectivity index (χ2v) is 4.13. The number of ether oxygens (including phenoxy) is 2. The van der Waals surface area contributed by atoms with Crippen molar-refractivity contribution in [2.24, 2.45) is 0 Å². The second kappa shape index (κ2) is 6.92. The van der Waals surface area contributed by atoms with Crippen molar-refractivity contribution in [3.8, 4) is 16.9 Å². The molecule has 0 radical (unpaired) electrons. The molecule has 0 heterocycles. The molecule has 0 amide bonds. The third-order valence-corrected chi connectivity index (χ3v) is 2.91. The maximum Gasteiger partial charge on any atom is 0.126 e. The number of hydrogen-bond acceptors (Lipinski definition) is 3. The smallest absolute Gasteiger partial charge is 0.126 e. The molecule has 0 aliphatic heterocycles. The van der Waals surface area contributed by atoms with Gasteiger partial charge in [0.2, 0.25) is 0 Å². The van der Waals surface area contributed by atoms with Gasteiger partial charge in [0.05, 0.1) is 26.9 Å². The minimum atomic E-state index is 0.0385. The van der Waals surface area contributed by atoms with Crippen LogP contribution in [0.15, 0.2) is 48.5 Å². The summed E-state index contributed by atoms with van der Waals surface area (Å²) in [6.07, 6.45) is 0. The highest BCUT2D eigenvalue weighted by atomic mass is 16.5. The molecule has 0 saturated carbocycles. The van der Waals surface area contributed by atoms with Crippen LogP contribution in [0.4, 0.5) is 0 Å². The van der Waals surface area contributed by atoms with Crippen LogP contribution in [0.25, 0.3) is 11.1 Å². The van der Waals surface area contributed by atoms with E-state index in [1.165, 1.54) is 0 Å². The van der Waals surface area contributed by atoms with Crippen molar-refractivity contribution in [2.75, 3.05) is 20.3 Å². The van der Waals surface area contributed by atoms with Gasteiger partial charge in [-0.05, 0) is 17.2 Å². The first-order chi connectivity index (χ1) is 9.36. The highest BCUT2D eigenvalue weighted by Crippen LogP contribution is 2.32. The Hall–Kier alpha value is -1.84. The Bertz CT molecular complexity index is 523. The SMILES string of the molecule is COc1ccccc1-c1ccccc1COCCO. The average Bonchev–Trinajstić information content (AvgIpc) is 2.48.